The van der Waals surface area contributed by atoms with Crippen molar-refractivity contribution >= 4 is 27.5 Å². The molecule has 0 unspecified atom stereocenters. The number of amides is 1. The standard InChI is InChI=1S/C13H14N2O3S/c1-3-4-15-9-5-10-11(18-7-17-10)6-12(9)19-13(15)14-8(2)16/h5-6H,3-4,7H2,1-2H3. The van der Waals surface area contributed by atoms with E-state index in [1.165, 1.54) is 18.3 Å². The third-order valence-corrected chi connectivity index (χ3v) is 3.92. The summed E-state index contributed by atoms with van der Waals surface area (Å²) in [7, 11) is 0. The Labute approximate surface area is 114 Å². The maximum Gasteiger partial charge on any atom is 0.245 e. The zero-order chi connectivity index (χ0) is 13.4. The number of carbonyl (C=O) groups excluding carboxylic acids is 1. The normalized spacial score (nSPS) is 14.3. The molecule has 5 nitrogen and oxygen atoms in total. The van der Waals surface area contributed by atoms with Gasteiger partial charge in [0.05, 0.1) is 10.2 Å². The van der Waals surface area contributed by atoms with Gasteiger partial charge in [-0.2, -0.15) is 4.99 Å². The number of nitrogens with zero attached hydrogens (tertiary/aromatic N) is 2. The second-order valence-corrected chi connectivity index (χ2v) is 5.35. The van der Waals surface area contributed by atoms with Gasteiger partial charge in [0.2, 0.25) is 12.7 Å². The van der Waals surface area contributed by atoms with E-state index >= 15 is 0 Å². The molecule has 0 saturated carbocycles. The number of aromatic nitrogens is 1. The van der Waals surface area contributed by atoms with Crippen LogP contribution in [-0.4, -0.2) is 17.3 Å². The van der Waals surface area contributed by atoms with Gasteiger partial charge in [-0.25, -0.2) is 0 Å². The first kappa shape index (κ1) is 12.2. The van der Waals surface area contributed by atoms with E-state index in [9.17, 15) is 4.79 Å². The highest BCUT2D eigenvalue weighted by molar-refractivity contribution is 7.16. The average Bonchev–Trinajstić information content (AvgIpc) is 2.92. The van der Waals surface area contributed by atoms with Crippen molar-refractivity contribution in [3.8, 4) is 11.5 Å². The Morgan fingerprint density at radius 1 is 1.42 bits per heavy atom. The van der Waals surface area contributed by atoms with Crippen molar-refractivity contribution in [1.82, 2.24) is 4.57 Å². The van der Waals surface area contributed by atoms with E-state index in [1.54, 1.807) is 0 Å². The van der Waals surface area contributed by atoms with Crippen molar-refractivity contribution in [3.05, 3.63) is 16.9 Å². The maximum absolute atomic E-state index is 11.2. The molecular weight excluding hydrogens is 264 g/mol. The van der Waals surface area contributed by atoms with Crippen molar-refractivity contribution in [3.63, 3.8) is 0 Å². The van der Waals surface area contributed by atoms with Gasteiger partial charge >= 0.3 is 0 Å². The largest absolute Gasteiger partial charge is 0.454 e. The van der Waals surface area contributed by atoms with E-state index in [-0.39, 0.29) is 12.7 Å². The van der Waals surface area contributed by atoms with Crippen LogP contribution in [0.1, 0.15) is 20.3 Å². The number of thiazole rings is 1. The van der Waals surface area contributed by atoms with E-state index < -0.39 is 0 Å². The third kappa shape index (κ3) is 2.12. The first-order chi connectivity index (χ1) is 9.19. The summed E-state index contributed by atoms with van der Waals surface area (Å²) in [5.74, 6) is 1.33. The lowest BCUT2D eigenvalue weighted by Gasteiger charge is -2.03. The van der Waals surface area contributed by atoms with Crippen LogP contribution in [0.25, 0.3) is 10.2 Å². The van der Waals surface area contributed by atoms with Gasteiger partial charge in [-0.3, -0.25) is 4.79 Å². The smallest absolute Gasteiger partial charge is 0.245 e. The molecule has 1 aliphatic heterocycles. The Kier molecular flexibility index (Phi) is 3.02. The van der Waals surface area contributed by atoms with Crippen LogP contribution in [0.2, 0.25) is 0 Å². The summed E-state index contributed by atoms with van der Waals surface area (Å²) in [6.45, 7) is 4.66. The van der Waals surface area contributed by atoms with Crippen LogP contribution in [0.3, 0.4) is 0 Å². The predicted octanol–water partition coefficient (Wildman–Crippen LogP) is 2.29. The third-order valence-electron chi connectivity index (χ3n) is 2.88. The van der Waals surface area contributed by atoms with Crippen LogP contribution in [0.15, 0.2) is 17.1 Å². The molecule has 0 atom stereocenters. The van der Waals surface area contributed by atoms with Gasteiger partial charge in [-0.15, -0.1) is 0 Å². The van der Waals surface area contributed by atoms with Gasteiger partial charge in [-0.1, -0.05) is 18.3 Å². The molecule has 0 saturated heterocycles. The fourth-order valence-electron chi connectivity index (χ4n) is 2.12. The van der Waals surface area contributed by atoms with Gasteiger partial charge < -0.3 is 14.0 Å². The van der Waals surface area contributed by atoms with Crippen molar-refractivity contribution in [2.75, 3.05) is 6.79 Å². The molecule has 2 heterocycles. The minimum Gasteiger partial charge on any atom is -0.454 e. The summed E-state index contributed by atoms with van der Waals surface area (Å²) in [6.07, 6.45) is 0.978. The quantitative estimate of drug-likeness (QED) is 0.847. The van der Waals surface area contributed by atoms with Crippen LogP contribution in [-0.2, 0) is 11.3 Å². The van der Waals surface area contributed by atoms with Crippen molar-refractivity contribution in [2.24, 2.45) is 4.99 Å². The van der Waals surface area contributed by atoms with Gasteiger partial charge in [0.15, 0.2) is 16.3 Å². The number of fused-ring (bicyclic) bond motifs is 2. The zero-order valence-electron chi connectivity index (χ0n) is 10.8. The Balaban J connectivity index is 2.28. The van der Waals surface area contributed by atoms with Crippen LogP contribution in [0.5, 0.6) is 11.5 Å². The lowest BCUT2D eigenvalue weighted by atomic mass is 10.3. The van der Waals surface area contributed by atoms with Gasteiger partial charge in [0.25, 0.3) is 0 Å². The van der Waals surface area contributed by atoms with Crippen molar-refractivity contribution < 1.29 is 14.3 Å². The minimum atomic E-state index is -0.184. The second kappa shape index (κ2) is 4.70. The molecule has 1 aromatic carbocycles. The number of hydrogen-bond acceptors (Lipinski definition) is 4. The molecule has 0 aliphatic carbocycles. The zero-order valence-corrected chi connectivity index (χ0v) is 11.6. The molecule has 1 aliphatic rings. The Bertz CT molecular complexity index is 714. The number of rotatable bonds is 2. The number of ether oxygens (including phenoxy) is 2. The number of benzene rings is 1. The molecule has 2 aromatic rings. The molecule has 100 valence electrons. The summed E-state index contributed by atoms with van der Waals surface area (Å²) in [4.78, 5) is 16.0. The molecule has 0 fully saturated rings. The van der Waals surface area contributed by atoms with E-state index in [1.807, 2.05) is 12.1 Å². The molecule has 0 bridgehead atoms. The molecule has 0 spiro atoms. The Morgan fingerprint density at radius 3 is 2.84 bits per heavy atom. The number of hydrogen-bond donors (Lipinski definition) is 0. The lowest BCUT2D eigenvalue weighted by molar-refractivity contribution is -0.116. The summed E-state index contributed by atoms with van der Waals surface area (Å²) >= 11 is 1.50. The van der Waals surface area contributed by atoms with Crippen LogP contribution < -0.4 is 14.3 Å². The molecule has 0 N–H and O–H groups in total. The fraction of sp³-hybridized carbons (Fsp3) is 0.385. The van der Waals surface area contributed by atoms with Gasteiger partial charge in [-0.05, 0) is 6.42 Å². The first-order valence-corrected chi connectivity index (χ1v) is 6.99. The van der Waals surface area contributed by atoms with E-state index in [0.717, 1.165) is 39.5 Å². The molecule has 1 aromatic heterocycles. The second-order valence-electron chi connectivity index (χ2n) is 4.34. The fourth-order valence-corrected chi connectivity index (χ4v) is 3.23. The van der Waals surface area contributed by atoms with Crippen molar-refractivity contribution in [1.29, 1.82) is 0 Å². The maximum atomic E-state index is 11.2. The van der Waals surface area contributed by atoms with Gasteiger partial charge in [0.1, 0.15) is 0 Å². The SMILES string of the molecule is CCCn1c(=NC(C)=O)sc2cc3c(cc21)OCO3. The molecular formula is C13H14N2O3S. The highest BCUT2D eigenvalue weighted by Gasteiger charge is 2.17. The van der Waals surface area contributed by atoms with E-state index in [2.05, 4.69) is 16.5 Å². The summed E-state index contributed by atoms with van der Waals surface area (Å²) in [6, 6.07) is 3.91. The average molecular weight is 278 g/mol. The number of carbonyl (C=O) groups is 1. The monoisotopic (exact) mass is 278 g/mol. The molecule has 6 heteroatoms. The highest BCUT2D eigenvalue weighted by atomic mass is 32.1. The van der Waals surface area contributed by atoms with Crippen LogP contribution in [0, 0.1) is 0 Å². The summed E-state index contributed by atoms with van der Waals surface area (Å²) in [5.41, 5.74) is 1.04. The predicted molar refractivity (Wildman–Crippen MR) is 72.5 cm³/mol. The molecule has 0 radical (unpaired) electrons. The number of aryl methyl sites for hydroxylation is 1. The first-order valence-electron chi connectivity index (χ1n) is 6.17. The highest BCUT2D eigenvalue weighted by Crippen LogP contribution is 2.36. The van der Waals surface area contributed by atoms with Crippen LogP contribution >= 0.6 is 11.3 Å². The van der Waals surface area contributed by atoms with Gasteiger partial charge in [0, 0.05) is 25.6 Å². The van der Waals surface area contributed by atoms with E-state index in [0.29, 0.717) is 0 Å². The Hall–Kier alpha value is -1.82. The minimum absolute atomic E-state index is 0.184. The topological polar surface area (TPSA) is 52.8 Å². The molecule has 1 amide bonds. The lowest BCUT2D eigenvalue weighted by Crippen LogP contribution is -2.15. The summed E-state index contributed by atoms with van der Waals surface area (Å²) < 4.78 is 13.9. The Morgan fingerprint density at radius 2 is 2.16 bits per heavy atom. The van der Waals surface area contributed by atoms with Crippen molar-refractivity contribution in [2.45, 2.75) is 26.8 Å². The molecule has 3 rings (SSSR count). The van der Waals surface area contributed by atoms with Crippen LogP contribution in [0.4, 0.5) is 0 Å². The summed E-state index contributed by atoms with van der Waals surface area (Å²) in [5, 5.41) is 0. The molecule has 19 heavy (non-hydrogen) atoms. The van der Waals surface area contributed by atoms with E-state index in [4.69, 9.17) is 9.47 Å².